The zero-order valence-corrected chi connectivity index (χ0v) is 12.9. The van der Waals surface area contributed by atoms with Gasteiger partial charge < -0.3 is 15.4 Å². The molecule has 0 radical (unpaired) electrons. The average Bonchev–Trinajstić information content (AvgIpc) is 2.42. The van der Waals surface area contributed by atoms with Gasteiger partial charge in [0.05, 0.1) is 12.8 Å². The van der Waals surface area contributed by atoms with Gasteiger partial charge in [0.15, 0.2) is 0 Å². The number of methoxy groups -OCH3 is 1. The van der Waals surface area contributed by atoms with Gasteiger partial charge in [0.25, 0.3) is 0 Å². The Morgan fingerprint density at radius 2 is 2.25 bits per heavy atom. The number of halogens is 1. The number of benzene rings is 1. The maximum atomic E-state index is 12.4. The van der Waals surface area contributed by atoms with Gasteiger partial charge in [-0.05, 0) is 44.9 Å². The molecule has 0 saturated carbocycles. The molecule has 1 aromatic rings. The van der Waals surface area contributed by atoms with Crippen molar-refractivity contribution in [3.05, 3.63) is 22.7 Å². The first-order chi connectivity index (χ1) is 9.51. The van der Waals surface area contributed by atoms with Crippen LogP contribution in [0.2, 0.25) is 5.02 Å². The first-order valence-corrected chi connectivity index (χ1v) is 7.27. The van der Waals surface area contributed by atoms with Crippen LogP contribution in [0.5, 0.6) is 5.75 Å². The highest BCUT2D eigenvalue weighted by Crippen LogP contribution is 2.31. The summed E-state index contributed by atoms with van der Waals surface area (Å²) >= 11 is 6.07. The van der Waals surface area contributed by atoms with E-state index in [9.17, 15) is 4.79 Å². The molecule has 1 aliphatic heterocycles. The smallest absolute Gasteiger partial charge is 0.227 e. The van der Waals surface area contributed by atoms with E-state index in [2.05, 4.69) is 17.6 Å². The number of rotatable bonds is 3. The Balaban J connectivity index is 2.12. The lowest BCUT2D eigenvalue weighted by Crippen LogP contribution is -2.40. The number of piperidine rings is 1. The summed E-state index contributed by atoms with van der Waals surface area (Å²) in [5.74, 6) is 0.696. The number of hydrogen-bond donors (Lipinski definition) is 2. The molecule has 4 nitrogen and oxygen atoms in total. The third-order valence-electron chi connectivity index (χ3n) is 3.73. The molecule has 1 saturated heterocycles. The number of ether oxygens (including phenoxy) is 1. The molecule has 2 N–H and O–H groups in total. The van der Waals surface area contributed by atoms with Gasteiger partial charge in [-0.2, -0.15) is 0 Å². The molecular weight excluding hydrogens is 276 g/mol. The molecule has 5 heteroatoms. The number of carbonyl (C=O) groups is 1. The predicted molar refractivity (Wildman–Crippen MR) is 81.6 cm³/mol. The molecule has 0 aromatic heterocycles. The minimum atomic E-state index is 0.0481. The molecule has 1 heterocycles. The monoisotopic (exact) mass is 296 g/mol. The first kappa shape index (κ1) is 15.1. The van der Waals surface area contributed by atoms with Crippen LogP contribution in [-0.2, 0) is 4.79 Å². The molecule has 0 aliphatic carbocycles. The highest BCUT2D eigenvalue weighted by Gasteiger charge is 2.25. The van der Waals surface area contributed by atoms with Crippen LogP contribution in [0.15, 0.2) is 12.1 Å². The topological polar surface area (TPSA) is 50.4 Å². The van der Waals surface area contributed by atoms with Crippen molar-refractivity contribution in [3.63, 3.8) is 0 Å². The van der Waals surface area contributed by atoms with Crippen molar-refractivity contribution in [2.45, 2.75) is 32.7 Å². The Labute approximate surface area is 124 Å². The number of nitrogens with one attached hydrogen (secondary N) is 2. The summed E-state index contributed by atoms with van der Waals surface area (Å²) in [5, 5.41) is 6.95. The normalized spacial score (nSPS) is 22.4. The molecule has 1 amide bonds. The van der Waals surface area contributed by atoms with Crippen molar-refractivity contribution in [1.82, 2.24) is 5.32 Å². The van der Waals surface area contributed by atoms with Crippen LogP contribution in [0, 0.1) is 12.8 Å². The lowest BCUT2D eigenvalue weighted by molar-refractivity contribution is -0.120. The van der Waals surface area contributed by atoms with Crippen LogP contribution in [0.1, 0.15) is 25.3 Å². The van der Waals surface area contributed by atoms with Gasteiger partial charge in [-0.3, -0.25) is 4.79 Å². The number of amides is 1. The molecule has 110 valence electrons. The van der Waals surface area contributed by atoms with Gasteiger partial charge in [0.2, 0.25) is 5.91 Å². The lowest BCUT2D eigenvalue weighted by Gasteiger charge is -2.27. The van der Waals surface area contributed by atoms with E-state index < -0.39 is 0 Å². The zero-order valence-electron chi connectivity index (χ0n) is 12.1. The Kier molecular flexibility index (Phi) is 4.89. The van der Waals surface area contributed by atoms with Gasteiger partial charge in [0, 0.05) is 23.0 Å². The van der Waals surface area contributed by atoms with E-state index >= 15 is 0 Å². The quantitative estimate of drug-likeness (QED) is 0.901. The van der Waals surface area contributed by atoms with Gasteiger partial charge in [-0.25, -0.2) is 0 Å². The minimum absolute atomic E-state index is 0.0481. The van der Waals surface area contributed by atoms with Gasteiger partial charge in [-0.15, -0.1) is 0 Å². The van der Waals surface area contributed by atoms with Crippen LogP contribution in [0.4, 0.5) is 5.69 Å². The standard InChI is InChI=1S/C15H21ClN2O2/c1-9-6-13(14(20-3)8-12(9)16)18-15(19)11-4-5-17-10(2)7-11/h6,8,10-11,17H,4-5,7H2,1-3H3,(H,18,19)/t10-,11-/m0/s1. The Hall–Kier alpha value is -1.26. The van der Waals surface area contributed by atoms with E-state index in [1.165, 1.54) is 0 Å². The largest absolute Gasteiger partial charge is 0.495 e. The summed E-state index contributed by atoms with van der Waals surface area (Å²) in [4.78, 5) is 12.4. The highest BCUT2D eigenvalue weighted by atomic mass is 35.5. The summed E-state index contributed by atoms with van der Waals surface area (Å²) < 4.78 is 5.28. The lowest BCUT2D eigenvalue weighted by atomic mass is 9.92. The van der Waals surface area contributed by atoms with Crippen molar-refractivity contribution in [2.24, 2.45) is 5.92 Å². The molecule has 2 atom stereocenters. The molecule has 0 spiro atoms. The number of carbonyl (C=O) groups excluding carboxylic acids is 1. The molecule has 0 unspecified atom stereocenters. The van der Waals surface area contributed by atoms with E-state index in [4.69, 9.17) is 16.3 Å². The van der Waals surface area contributed by atoms with Gasteiger partial charge in [0.1, 0.15) is 5.75 Å². The third-order valence-corrected chi connectivity index (χ3v) is 4.14. The van der Waals surface area contributed by atoms with Crippen LogP contribution >= 0.6 is 11.6 Å². The highest BCUT2D eigenvalue weighted by molar-refractivity contribution is 6.31. The van der Waals surface area contributed by atoms with E-state index in [-0.39, 0.29) is 11.8 Å². The number of aryl methyl sites for hydroxylation is 1. The number of hydrogen-bond acceptors (Lipinski definition) is 3. The summed E-state index contributed by atoms with van der Waals surface area (Å²) in [5.41, 5.74) is 1.60. The van der Waals surface area contributed by atoms with E-state index in [1.807, 2.05) is 13.0 Å². The SMILES string of the molecule is COc1cc(Cl)c(C)cc1NC(=O)[C@H]1CCN[C@@H](C)C1. The van der Waals surface area contributed by atoms with Crippen LogP contribution in [0.25, 0.3) is 0 Å². The van der Waals surface area contributed by atoms with Crippen molar-refractivity contribution >= 4 is 23.2 Å². The van der Waals surface area contributed by atoms with Crippen molar-refractivity contribution in [2.75, 3.05) is 19.0 Å². The molecule has 1 aromatic carbocycles. The molecular formula is C15H21ClN2O2. The average molecular weight is 297 g/mol. The van der Waals surface area contributed by atoms with Crippen LogP contribution < -0.4 is 15.4 Å². The Morgan fingerprint density at radius 1 is 1.50 bits per heavy atom. The van der Waals surface area contributed by atoms with Crippen LogP contribution in [0.3, 0.4) is 0 Å². The third kappa shape index (κ3) is 3.44. The van der Waals surface area contributed by atoms with Crippen molar-refractivity contribution in [1.29, 1.82) is 0 Å². The van der Waals surface area contributed by atoms with Crippen LogP contribution in [-0.4, -0.2) is 25.6 Å². The Bertz CT molecular complexity index is 505. The first-order valence-electron chi connectivity index (χ1n) is 6.89. The fraction of sp³-hybridized carbons (Fsp3) is 0.533. The zero-order chi connectivity index (χ0) is 14.7. The van der Waals surface area contributed by atoms with Crippen molar-refractivity contribution in [3.8, 4) is 5.75 Å². The fourth-order valence-electron chi connectivity index (χ4n) is 2.53. The molecule has 1 fully saturated rings. The Morgan fingerprint density at radius 3 is 2.90 bits per heavy atom. The molecule has 2 rings (SSSR count). The van der Waals surface area contributed by atoms with E-state index in [1.54, 1.807) is 13.2 Å². The predicted octanol–water partition coefficient (Wildman–Crippen LogP) is 2.98. The molecule has 0 bridgehead atoms. The summed E-state index contributed by atoms with van der Waals surface area (Å²) in [6.45, 7) is 4.90. The van der Waals surface area contributed by atoms with Gasteiger partial charge in [-0.1, -0.05) is 11.6 Å². The van der Waals surface area contributed by atoms with Crippen molar-refractivity contribution < 1.29 is 9.53 Å². The van der Waals surface area contributed by atoms with Gasteiger partial charge >= 0.3 is 0 Å². The van der Waals surface area contributed by atoms with E-state index in [0.717, 1.165) is 24.9 Å². The summed E-state index contributed by atoms with van der Waals surface area (Å²) in [6, 6.07) is 3.97. The number of anilines is 1. The minimum Gasteiger partial charge on any atom is -0.495 e. The second-order valence-corrected chi connectivity index (χ2v) is 5.77. The summed E-state index contributed by atoms with van der Waals surface area (Å²) in [6.07, 6.45) is 1.73. The summed E-state index contributed by atoms with van der Waals surface area (Å²) in [7, 11) is 1.57. The maximum absolute atomic E-state index is 12.4. The molecule has 1 aliphatic rings. The second kappa shape index (κ2) is 6.46. The second-order valence-electron chi connectivity index (χ2n) is 5.37. The maximum Gasteiger partial charge on any atom is 0.227 e. The fourth-order valence-corrected chi connectivity index (χ4v) is 2.69. The molecule has 20 heavy (non-hydrogen) atoms. The van der Waals surface area contributed by atoms with E-state index in [0.29, 0.717) is 22.5 Å².